The molecule has 124 valence electrons. The van der Waals surface area contributed by atoms with Gasteiger partial charge in [0.15, 0.2) is 5.13 Å². The number of carbonyl (C=O) groups is 1. The highest BCUT2D eigenvalue weighted by molar-refractivity contribution is 7.13. The lowest BCUT2D eigenvalue weighted by Crippen LogP contribution is -2.48. The van der Waals surface area contributed by atoms with Crippen molar-refractivity contribution in [3.05, 3.63) is 29.5 Å². The van der Waals surface area contributed by atoms with Crippen LogP contribution in [0.5, 0.6) is 0 Å². The molecule has 1 saturated heterocycles. The normalized spacial score (nSPS) is 19.0. The zero-order valence-corrected chi connectivity index (χ0v) is 14.2. The number of carbonyl (C=O) groups excluding carboxylic acids is 1. The molecule has 0 spiro atoms. The molecule has 2 aromatic rings. The van der Waals surface area contributed by atoms with Crippen molar-refractivity contribution < 1.29 is 9.53 Å². The molecule has 0 saturated carbocycles. The molecular weight excluding hydrogens is 314 g/mol. The molecule has 1 unspecified atom stereocenters. The first-order valence-corrected chi connectivity index (χ1v) is 8.49. The third kappa shape index (κ3) is 4.15. The molecule has 0 radical (unpaired) electrons. The summed E-state index contributed by atoms with van der Waals surface area (Å²) in [6, 6.07) is 0. The summed E-state index contributed by atoms with van der Waals surface area (Å²) >= 11 is 1.47. The Hall–Kier alpha value is -1.77. The number of hydrogen-bond acceptors (Lipinski definition) is 6. The first kappa shape index (κ1) is 16.1. The molecule has 1 aliphatic heterocycles. The minimum Gasteiger partial charge on any atom is -0.374 e. The van der Waals surface area contributed by atoms with Crippen molar-refractivity contribution in [2.75, 3.05) is 38.2 Å². The highest BCUT2D eigenvalue weighted by Crippen LogP contribution is 2.16. The Labute approximate surface area is 139 Å². The number of rotatable bonds is 5. The number of aryl methyl sites for hydroxylation is 1. The highest BCUT2D eigenvalue weighted by atomic mass is 32.1. The Kier molecular flexibility index (Phi) is 5.04. The van der Waals surface area contributed by atoms with Crippen LogP contribution in [0.3, 0.4) is 0 Å². The van der Waals surface area contributed by atoms with Crippen molar-refractivity contribution in [1.29, 1.82) is 0 Å². The van der Waals surface area contributed by atoms with Gasteiger partial charge in [-0.2, -0.15) is 5.10 Å². The first-order chi connectivity index (χ1) is 11.1. The Morgan fingerprint density at radius 3 is 3.13 bits per heavy atom. The molecule has 3 rings (SSSR count). The zero-order valence-electron chi connectivity index (χ0n) is 13.4. The fourth-order valence-corrected chi connectivity index (χ4v) is 3.22. The van der Waals surface area contributed by atoms with Crippen LogP contribution < -0.4 is 4.90 Å². The van der Waals surface area contributed by atoms with Gasteiger partial charge in [-0.3, -0.25) is 19.3 Å². The van der Waals surface area contributed by atoms with Gasteiger partial charge in [-0.15, -0.1) is 11.3 Å². The van der Waals surface area contributed by atoms with Crippen LogP contribution in [0.1, 0.15) is 5.56 Å². The van der Waals surface area contributed by atoms with Crippen LogP contribution in [0.25, 0.3) is 0 Å². The topological polar surface area (TPSA) is 63.5 Å². The fraction of sp³-hybridized carbons (Fsp3) is 0.533. The second kappa shape index (κ2) is 7.20. The summed E-state index contributed by atoms with van der Waals surface area (Å²) < 4.78 is 7.69. The predicted octanol–water partition coefficient (Wildman–Crippen LogP) is 1.01. The molecular formula is C15H21N5O2S. The van der Waals surface area contributed by atoms with Gasteiger partial charge in [0.1, 0.15) is 0 Å². The summed E-state index contributed by atoms with van der Waals surface area (Å²) in [5, 5.41) is 6.89. The van der Waals surface area contributed by atoms with Gasteiger partial charge < -0.3 is 4.74 Å². The van der Waals surface area contributed by atoms with Gasteiger partial charge >= 0.3 is 0 Å². The van der Waals surface area contributed by atoms with Crippen LogP contribution in [0.4, 0.5) is 5.13 Å². The van der Waals surface area contributed by atoms with Crippen LogP contribution in [0.2, 0.25) is 0 Å². The van der Waals surface area contributed by atoms with E-state index in [2.05, 4.69) is 15.0 Å². The first-order valence-electron chi connectivity index (χ1n) is 7.61. The molecule has 0 bridgehead atoms. The lowest BCUT2D eigenvalue weighted by molar-refractivity contribution is -0.121. The smallest absolute Gasteiger partial charge is 0.242 e. The summed E-state index contributed by atoms with van der Waals surface area (Å²) in [6.07, 6.45) is 5.61. The van der Waals surface area contributed by atoms with Crippen molar-refractivity contribution in [3.8, 4) is 0 Å². The number of aromatic nitrogens is 3. The van der Waals surface area contributed by atoms with Crippen LogP contribution >= 0.6 is 11.3 Å². The average molecular weight is 335 g/mol. The third-order valence-electron chi connectivity index (χ3n) is 3.82. The number of hydrogen-bond donors (Lipinski definition) is 0. The number of ether oxygens (including phenoxy) is 1. The number of anilines is 1. The van der Waals surface area contributed by atoms with E-state index in [9.17, 15) is 4.79 Å². The SMILES string of the molecule is Cc1cnn(CC2CN(CC(=O)N(C)c3nccs3)CCO2)c1. The largest absolute Gasteiger partial charge is 0.374 e. The quantitative estimate of drug-likeness (QED) is 0.816. The van der Waals surface area contributed by atoms with Crippen LogP contribution in [0, 0.1) is 6.92 Å². The molecule has 1 amide bonds. The number of likely N-dealkylation sites (N-methyl/N-ethyl adjacent to an activating group) is 1. The summed E-state index contributed by atoms with van der Waals surface area (Å²) in [4.78, 5) is 20.3. The number of morpholine rings is 1. The van der Waals surface area contributed by atoms with Crippen molar-refractivity contribution in [2.45, 2.75) is 19.6 Å². The zero-order chi connectivity index (χ0) is 16.2. The third-order valence-corrected chi connectivity index (χ3v) is 4.66. The van der Waals surface area contributed by atoms with E-state index in [-0.39, 0.29) is 12.0 Å². The molecule has 0 aromatic carbocycles. The van der Waals surface area contributed by atoms with Crippen LogP contribution in [-0.4, -0.2) is 65.0 Å². The van der Waals surface area contributed by atoms with E-state index < -0.39 is 0 Å². The number of amides is 1. The Balaban J connectivity index is 1.53. The van der Waals surface area contributed by atoms with Crippen molar-refractivity contribution in [1.82, 2.24) is 19.7 Å². The maximum Gasteiger partial charge on any atom is 0.242 e. The monoisotopic (exact) mass is 335 g/mol. The van der Waals surface area contributed by atoms with Gasteiger partial charge in [-0.1, -0.05) is 0 Å². The van der Waals surface area contributed by atoms with Crippen molar-refractivity contribution in [3.63, 3.8) is 0 Å². The van der Waals surface area contributed by atoms with Gasteiger partial charge in [-0.05, 0) is 12.5 Å². The van der Waals surface area contributed by atoms with E-state index in [0.717, 1.165) is 23.8 Å². The Morgan fingerprint density at radius 2 is 2.43 bits per heavy atom. The van der Waals surface area contributed by atoms with E-state index >= 15 is 0 Å². The standard InChI is InChI=1S/C15H21N5O2S/c1-12-7-17-20(8-12)10-13-9-19(4-5-22-13)11-14(21)18(2)15-16-3-6-23-15/h3,6-8,13H,4-5,9-11H2,1-2H3. The molecule has 23 heavy (non-hydrogen) atoms. The van der Waals surface area contributed by atoms with Crippen LogP contribution in [-0.2, 0) is 16.1 Å². The highest BCUT2D eigenvalue weighted by Gasteiger charge is 2.24. The summed E-state index contributed by atoms with van der Waals surface area (Å²) in [5.74, 6) is 0.0514. The van der Waals surface area contributed by atoms with Gasteiger partial charge in [-0.25, -0.2) is 4.98 Å². The predicted molar refractivity (Wildman–Crippen MR) is 88.7 cm³/mol. The molecule has 1 aliphatic rings. The van der Waals surface area contributed by atoms with E-state index in [1.807, 2.05) is 29.4 Å². The second-order valence-corrected chi connectivity index (χ2v) is 6.61. The molecule has 7 nitrogen and oxygen atoms in total. The minimum atomic E-state index is 0.0514. The van der Waals surface area contributed by atoms with Gasteiger partial charge in [0, 0.05) is 37.9 Å². The molecule has 0 aliphatic carbocycles. The van der Waals surface area contributed by atoms with Gasteiger partial charge in [0.25, 0.3) is 0 Å². The van der Waals surface area contributed by atoms with E-state index in [0.29, 0.717) is 19.7 Å². The Morgan fingerprint density at radius 1 is 1.57 bits per heavy atom. The van der Waals surface area contributed by atoms with Crippen molar-refractivity contribution in [2.24, 2.45) is 0 Å². The van der Waals surface area contributed by atoms with E-state index in [4.69, 9.17) is 4.74 Å². The van der Waals surface area contributed by atoms with Crippen molar-refractivity contribution >= 4 is 22.4 Å². The van der Waals surface area contributed by atoms with Crippen LogP contribution in [0.15, 0.2) is 24.0 Å². The summed E-state index contributed by atoms with van der Waals surface area (Å²) in [5.41, 5.74) is 1.14. The molecule has 3 heterocycles. The Bertz CT molecular complexity index is 642. The van der Waals surface area contributed by atoms with E-state index in [1.54, 1.807) is 18.1 Å². The maximum absolute atomic E-state index is 12.4. The minimum absolute atomic E-state index is 0.0514. The average Bonchev–Trinajstić information content (AvgIpc) is 3.19. The molecule has 1 fully saturated rings. The fourth-order valence-electron chi connectivity index (χ4n) is 2.60. The summed E-state index contributed by atoms with van der Waals surface area (Å²) in [6.45, 7) is 5.25. The molecule has 0 N–H and O–H groups in total. The number of nitrogens with zero attached hydrogens (tertiary/aromatic N) is 5. The molecule has 2 aromatic heterocycles. The number of thiazole rings is 1. The van der Waals surface area contributed by atoms with E-state index in [1.165, 1.54) is 11.3 Å². The van der Waals surface area contributed by atoms with Gasteiger partial charge in [0.2, 0.25) is 5.91 Å². The van der Waals surface area contributed by atoms with Gasteiger partial charge in [0.05, 0.1) is 32.0 Å². The summed E-state index contributed by atoms with van der Waals surface area (Å²) in [7, 11) is 1.77. The molecule has 1 atom stereocenters. The maximum atomic E-state index is 12.4. The lowest BCUT2D eigenvalue weighted by atomic mass is 10.2. The molecule has 8 heteroatoms. The lowest BCUT2D eigenvalue weighted by Gasteiger charge is -2.33. The second-order valence-electron chi connectivity index (χ2n) is 5.74.